The van der Waals surface area contributed by atoms with Crippen molar-refractivity contribution in [2.75, 3.05) is 10.8 Å². The zero-order chi connectivity index (χ0) is 15.6. The first-order valence-corrected chi connectivity index (χ1v) is 8.15. The van der Waals surface area contributed by atoms with Gasteiger partial charge in [-0.1, -0.05) is 29.3 Å². The third-order valence-electron chi connectivity index (χ3n) is 3.03. The number of aryl methyl sites for hydroxylation is 1. The number of pyridine rings is 1. The molecular weight excluding hydrogens is 312 g/mol. The topological polar surface area (TPSA) is 70.2 Å². The maximum atomic E-state index is 12.7. The van der Waals surface area contributed by atoms with Crippen molar-refractivity contribution in [3.8, 4) is 0 Å². The number of anilines is 1. The highest BCUT2D eigenvalue weighted by atomic mass is 35.5. The Morgan fingerprint density at radius 1 is 1.24 bits per heavy atom. The van der Waals surface area contributed by atoms with Crippen LogP contribution < -0.4 is 9.86 Å². The van der Waals surface area contributed by atoms with Crippen LogP contribution in [0.2, 0.25) is 5.02 Å². The van der Waals surface area contributed by atoms with Crippen LogP contribution in [0.25, 0.3) is 0 Å². The zero-order valence-corrected chi connectivity index (χ0v) is 13.2. The van der Waals surface area contributed by atoms with Crippen LogP contribution in [-0.2, 0) is 10.0 Å². The molecule has 2 rings (SSSR count). The molecule has 0 fully saturated rings. The predicted molar refractivity (Wildman–Crippen MR) is 83.5 cm³/mol. The van der Waals surface area contributed by atoms with Gasteiger partial charge in [0, 0.05) is 12.7 Å². The normalized spacial score (nSPS) is 11.4. The second-order valence-corrected chi connectivity index (χ2v) is 6.79. The monoisotopic (exact) mass is 326 g/mol. The largest absolute Gasteiger partial charge is 0.326 e. The van der Waals surface area contributed by atoms with E-state index in [0.717, 1.165) is 17.8 Å². The van der Waals surface area contributed by atoms with Crippen molar-refractivity contribution in [3.05, 3.63) is 57.5 Å². The molecular formula is C14H15ClN2O3S. The molecule has 0 bridgehead atoms. The van der Waals surface area contributed by atoms with Crippen molar-refractivity contribution in [1.29, 1.82) is 0 Å². The van der Waals surface area contributed by atoms with Crippen LogP contribution in [0.4, 0.5) is 5.69 Å². The summed E-state index contributed by atoms with van der Waals surface area (Å²) in [5.74, 6) is 0. The number of aromatic nitrogens is 1. The van der Waals surface area contributed by atoms with Gasteiger partial charge in [0.15, 0.2) is 0 Å². The van der Waals surface area contributed by atoms with Crippen LogP contribution >= 0.6 is 11.6 Å². The molecule has 21 heavy (non-hydrogen) atoms. The fourth-order valence-electron chi connectivity index (χ4n) is 1.92. The Labute approximate surface area is 128 Å². The number of H-pyrrole nitrogens is 1. The van der Waals surface area contributed by atoms with Gasteiger partial charge in [-0.3, -0.25) is 9.10 Å². The zero-order valence-electron chi connectivity index (χ0n) is 11.6. The van der Waals surface area contributed by atoms with Gasteiger partial charge >= 0.3 is 0 Å². The van der Waals surface area contributed by atoms with Gasteiger partial charge in [0.05, 0.1) is 5.69 Å². The number of nitrogens with zero attached hydrogens (tertiary/aromatic N) is 1. The highest BCUT2D eigenvalue weighted by molar-refractivity contribution is 7.92. The molecule has 0 aliphatic carbocycles. The minimum atomic E-state index is -3.78. The van der Waals surface area contributed by atoms with Crippen molar-refractivity contribution < 1.29 is 8.42 Å². The number of halogens is 1. The Balaban J connectivity index is 2.51. The lowest BCUT2D eigenvalue weighted by Crippen LogP contribution is -2.31. The lowest BCUT2D eigenvalue weighted by Gasteiger charge is -2.23. The standard InChI is InChI=1S/C14H15ClN2O3S/c1-3-17(11-6-4-10(2)5-7-11)21(19,20)12-8-13(15)14(18)16-9-12/h4-9H,3H2,1-2H3,(H,16,18). The Morgan fingerprint density at radius 2 is 1.86 bits per heavy atom. The van der Waals surface area contributed by atoms with Crippen LogP contribution in [0.1, 0.15) is 12.5 Å². The summed E-state index contributed by atoms with van der Waals surface area (Å²) >= 11 is 5.71. The summed E-state index contributed by atoms with van der Waals surface area (Å²) in [6, 6.07) is 8.32. The molecule has 0 unspecified atom stereocenters. The summed E-state index contributed by atoms with van der Waals surface area (Å²) in [6.07, 6.45) is 1.15. The van der Waals surface area contributed by atoms with Crippen LogP contribution in [0, 0.1) is 6.92 Å². The quantitative estimate of drug-likeness (QED) is 0.938. The molecule has 7 heteroatoms. The molecule has 2 aromatic rings. The van der Waals surface area contributed by atoms with E-state index in [1.165, 1.54) is 4.31 Å². The second-order valence-electron chi connectivity index (χ2n) is 4.52. The van der Waals surface area contributed by atoms with Gasteiger partial charge in [-0.2, -0.15) is 0 Å². The first kappa shape index (κ1) is 15.6. The number of aromatic amines is 1. The number of hydrogen-bond donors (Lipinski definition) is 1. The van der Waals surface area contributed by atoms with Crippen molar-refractivity contribution in [2.45, 2.75) is 18.7 Å². The van der Waals surface area contributed by atoms with Crippen molar-refractivity contribution >= 4 is 27.3 Å². The molecule has 112 valence electrons. The molecule has 0 aliphatic heterocycles. The third kappa shape index (κ3) is 3.11. The maximum absolute atomic E-state index is 12.7. The van der Waals surface area contributed by atoms with Gasteiger partial charge in [0.25, 0.3) is 15.6 Å². The van der Waals surface area contributed by atoms with E-state index >= 15 is 0 Å². The molecule has 1 aromatic heterocycles. The predicted octanol–water partition coefficient (Wildman–Crippen LogP) is 2.55. The Morgan fingerprint density at radius 3 is 2.38 bits per heavy atom. The van der Waals surface area contributed by atoms with E-state index in [4.69, 9.17) is 11.6 Å². The molecule has 1 aromatic carbocycles. The SMILES string of the molecule is CCN(c1ccc(C)cc1)S(=O)(=O)c1c[nH]c(=O)c(Cl)c1. The maximum Gasteiger partial charge on any atom is 0.266 e. The third-order valence-corrected chi connectivity index (χ3v) is 5.19. The number of hydrogen-bond acceptors (Lipinski definition) is 3. The van der Waals surface area contributed by atoms with Crippen LogP contribution in [-0.4, -0.2) is 19.9 Å². The Bertz CT molecular complexity index is 798. The highest BCUT2D eigenvalue weighted by Gasteiger charge is 2.24. The Kier molecular flexibility index (Phi) is 4.39. The van der Waals surface area contributed by atoms with E-state index in [1.54, 1.807) is 19.1 Å². The first-order valence-electron chi connectivity index (χ1n) is 6.34. The van der Waals surface area contributed by atoms with E-state index < -0.39 is 15.6 Å². The van der Waals surface area contributed by atoms with Crippen molar-refractivity contribution in [3.63, 3.8) is 0 Å². The fourth-order valence-corrected chi connectivity index (χ4v) is 3.62. The van der Waals surface area contributed by atoms with Crippen molar-refractivity contribution in [2.24, 2.45) is 0 Å². The molecule has 0 saturated heterocycles. The van der Waals surface area contributed by atoms with Gasteiger partial charge in [0.1, 0.15) is 9.92 Å². The molecule has 0 atom stereocenters. The summed E-state index contributed by atoms with van der Waals surface area (Å²) in [6.45, 7) is 3.93. The molecule has 0 amide bonds. The fraction of sp³-hybridized carbons (Fsp3) is 0.214. The average molecular weight is 327 g/mol. The van der Waals surface area contributed by atoms with Gasteiger partial charge in [-0.15, -0.1) is 0 Å². The van der Waals surface area contributed by atoms with E-state index in [2.05, 4.69) is 4.98 Å². The number of rotatable bonds is 4. The van der Waals surface area contributed by atoms with Gasteiger partial charge in [-0.25, -0.2) is 8.42 Å². The summed E-state index contributed by atoms with van der Waals surface area (Å²) in [7, 11) is -3.78. The summed E-state index contributed by atoms with van der Waals surface area (Å²) in [5, 5.41) is -0.156. The summed E-state index contributed by atoms with van der Waals surface area (Å²) < 4.78 is 26.6. The van der Waals surface area contributed by atoms with Crippen LogP contribution in [0.5, 0.6) is 0 Å². The minimum absolute atomic E-state index is 0.0467. The number of sulfonamides is 1. The van der Waals surface area contributed by atoms with Gasteiger partial charge in [0.2, 0.25) is 0 Å². The first-order chi connectivity index (χ1) is 9.86. The van der Waals surface area contributed by atoms with E-state index in [1.807, 2.05) is 19.1 Å². The molecule has 5 nitrogen and oxygen atoms in total. The van der Waals surface area contributed by atoms with E-state index in [0.29, 0.717) is 5.69 Å². The average Bonchev–Trinajstić information content (AvgIpc) is 2.44. The summed E-state index contributed by atoms with van der Waals surface area (Å²) in [5.41, 5.74) is 1.08. The summed E-state index contributed by atoms with van der Waals surface area (Å²) in [4.78, 5) is 13.5. The highest BCUT2D eigenvalue weighted by Crippen LogP contribution is 2.24. The molecule has 1 N–H and O–H groups in total. The molecule has 0 saturated carbocycles. The van der Waals surface area contributed by atoms with Gasteiger partial charge < -0.3 is 4.98 Å². The molecule has 1 heterocycles. The second kappa shape index (κ2) is 5.91. The van der Waals surface area contributed by atoms with Crippen molar-refractivity contribution in [1.82, 2.24) is 4.98 Å². The smallest absolute Gasteiger partial charge is 0.266 e. The molecule has 0 radical (unpaired) electrons. The minimum Gasteiger partial charge on any atom is -0.326 e. The van der Waals surface area contributed by atoms with Crippen LogP contribution in [0.3, 0.4) is 0 Å². The van der Waals surface area contributed by atoms with E-state index in [-0.39, 0.29) is 16.5 Å². The Hall–Kier alpha value is -1.79. The molecule has 0 aliphatic rings. The van der Waals surface area contributed by atoms with Gasteiger partial charge in [-0.05, 0) is 32.0 Å². The molecule has 0 spiro atoms. The number of benzene rings is 1. The van der Waals surface area contributed by atoms with Crippen LogP contribution in [0.15, 0.2) is 46.2 Å². The van der Waals surface area contributed by atoms with E-state index in [9.17, 15) is 13.2 Å². The lowest BCUT2D eigenvalue weighted by molar-refractivity contribution is 0.591. The lowest BCUT2D eigenvalue weighted by atomic mass is 10.2. The number of nitrogens with one attached hydrogen (secondary N) is 1.